The third-order valence-corrected chi connectivity index (χ3v) is 2.13. The first-order valence-electron chi connectivity index (χ1n) is 5.26. The summed E-state index contributed by atoms with van der Waals surface area (Å²) in [6.45, 7) is 1.26. The molecule has 0 aromatic heterocycles. The van der Waals surface area contributed by atoms with Crippen LogP contribution in [-0.2, 0) is 14.3 Å². The van der Waals surface area contributed by atoms with Gasteiger partial charge in [-0.3, -0.25) is 14.9 Å². The number of benzene rings is 1. The van der Waals surface area contributed by atoms with E-state index in [-0.39, 0.29) is 11.4 Å². The number of nitrogens with one attached hydrogen (secondary N) is 1. The highest BCUT2D eigenvalue weighted by Crippen LogP contribution is 2.14. The van der Waals surface area contributed by atoms with Crippen LogP contribution in [0.1, 0.15) is 12.5 Å². The lowest BCUT2D eigenvalue weighted by Gasteiger charge is -2.05. The van der Waals surface area contributed by atoms with E-state index in [4.69, 9.17) is 0 Å². The van der Waals surface area contributed by atoms with Crippen LogP contribution in [0.15, 0.2) is 30.0 Å². The molecule has 1 aromatic carbocycles. The Hall–Kier alpha value is -2.70. The molecule has 1 amide bonds. The highest BCUT2D eigenvalue weighted by atomic mass is 16.6. The number of carbonyl (C=O) groups is 2. The van der Waals surface area contributed by atoms with Crippen LogP contribution < -0.4 is 5.32 Å². The molecule has 0 atom stereocenters. The van der Waals surface area contributed by atoms with Crippen LogP contribution in [-0.4, -0.2) is 23.9 Å². The largest absolute Gasteiger partial charge is 0.464 e. The topological polar surface area (TPSA) is 98.5 Å². The molecule has 0 spiro atoms. The van der Waals surface area contributed by atoms with Crippen LogP contribution in [0.2, 0.25) is 0 Å². The van der Waals surface area contributed by atoms with Crippen LogP contribution in [0.5, 0.6) is 0 Å². The second-order valence-corrected chi connectivity index (χ2v) is 3.58. The van der Waals surface area contributed by atoms with Crippen molar-refractivity contribution in [3.05, 3.63) is 45.6 Å². The fourth-order valence-electron chi connectivity index (χ4n) is 1.30. The van der Waals surface area contributed by atoms with Gasteiger partial charge >= 0.3 is 5.97 Å². The molecule has 19 heavy (non-hydrogen) atoms. The first-order valence-corrected chi connectivity index (χ1v) is 5.26. The minimum Gasteiger partial charge on any atom is -0.464 e. The lowest BCUT2D eigenvalue weighted by Crippen LogP contribution is -2.25. The summed E-state index contributed by atoms with van der Waals surface area (Å²) in [6.07, 6.45) is 1.37. The molecule has 100 valence electrons. The van der Waals surface area contributed by atoms with Crippen molar-refractivity contribution in [2.75, 3.05) is 7.11 Å². The van der Waals surface area contributed by atoms with Gasteiger partial charge < -0.3 is 10.1 Å². The van der Waals surface area contributed by atoms with Gasteiger partial charge in [-0.05, 0) is 23.8 Å². The third-order valence-electron chi connectivity index (χ3n) is 2.13. The molecule has 0 saturated carbocycles. The van der Waals surface area contributed by atoms with Crippen LogP contribution in [0.3, 0.4) is 0 Å². The molecular weight excluding hydrogens is 252 g/mol. The summed E-state index contributed by atoms with van der Waals surface area (Å²) in [5, 5.41) is 12.8. The van der Waals surface area contributed by atoms with E-state index in [1.165, 1.54) is 44.4 Å². The molecule has 0 aliphatic carbocycles. The van der Waals surface area contributed by atoms with E-state index >= 15 is 0 Å². The van der Waals surface area contributed by atoms with Crippen LogP contribution in [0, 0.1) is 10.1 Å². The predicted molar refractivity (Wildman–Crippen MR) is 66.9 cm³/mol. The van der Waals surface area contributed by atoms with Crippen molar-refractivity contribution in [1.29, 1.82) is 0 Å². The molecule has 7 nitrogen and oxygen atoms in total. The van der Waals surface area contributed by atoms with Crippen molar-refractivity contribution in [1.82, 2.24) is 5.32 Å². The number of nitro benzene ring substituents is 1. The van der Waals surface area contributed by atoms with Gasteiger partial charge in [-0.1, -0.05) is 0 Å². The summed E-state index contributed by atoms with van der Waals surface area (Å²) >= 11 is 0. The monoisotopic (exact) mass is 264 g/mol. The smallest absolute Gasteiger partial charge is 0.354 e. The number of hydrogen-bond donors (Lipinski definition) is 1. The average molecular weight is 264 g/mol. The Morgan fingerprint density at radius 2 is 1.89 bits per heavy atom. The maximum absolute atomic E-state index is 11.4. The van der Waals surface area contributed by atoms with Gasteiger partial charge in [0.25, 0.3) is 5.69 Å². The Balaban J connectivity index is 3.03. The Labute approximate surface area is 109 Å². The number of esters is 1. The number of rotatable bonds is 4. The third kappa shape index (κ3) is 4.23. The zero-order valence-electron chi connectivity index (χ0n) is 10.4. The number of methoxy groups -OCH3 is 1. The van der Waals surface area contributed by atoms with Gasteiger partial charge in [-0.25, -0.2) is 4.79 Å². The summed E-state index contributed by atoms with van der Waals surface area (Å²) in [7, 11) is 1.19. The van der Waals surface area contributed by atoms with E-state index in [1.807, 2.05) is 0 Å². The Bertz CT molecular complexity index is 534. The van der Waals surface area contributed by atoms with E-state index < -0.39 is 16.8 Å². The summed E-state index contributed by atoms with van der Waals surface area (Å²) < 4.78 is 4.52. The molecular formula is C12H12N2O5. The second kappa shape index (κ2) is 6.29. The Kier molecular flexibility index (Phi) is 4.76. The van der Waals surface area contributed by atoms with E-state index in [1.54, 1.807) is 0 Å². The minimum absolute atomic E-state index is 0.0381. The molecule has 0 aliphatic rings. The number of carbonyl (C=O) groups excluding carboxylic acids is 2. The second-order valence-electron chi connectivity index (χ2n) is 3.58. The summed E-state index contributed by atoms with van der Waals surface area (Å²) in [5.74, 6) is -1.12. The number of ether oxygens (including phenoxy) is 1. The minimum atomic E-state index is -0.700. The number of non-ortho nitro benzene ring substituents is 1. The molecule has 1 rings (SSSR count). The van der Waals surface area contributed by atoms with E-state index in [0.29, 0.717) is 5.56 Å². The number of amides is 1. The van der Waals surface area contributed by atoms with Crippen LogP contribution >= 0.6 is 0 Å². The zero-order chi connectivity index (χ0) is 14.4. The van der Waals surface area contributed by atoms with E-state index in [2.05, 4.69) is 10.1 Å². The van der Waals surface area contributed by atoms with Gasteiger partial charge in [0.05, 0.1) is 12.0 Å². The first kappa shape index (κ1) is 14.4. The van der Waals surface area contributed by atoms with Crippen molar-refractivity contribution in [2.45, 2.75) is 6.92 Å². The SMILES string of the molecule is COC(=O)C(=Cc1ccc([N+](=O)[O-])cc1)NC(C)=O. The molecule has 0 unspecified atom stereocenters. The fraction of sp³-hybridized carbons (Fsp3) is 0.167. The van der Waals surface area contributed by atoms with Crippen molar-refractivity contribution >= 4 is 23.6 Å². The van der Waals surface area contributed by atoms with Gasteiger partial charge in [0.2, 0.25) is 5.91 Å². The van der Waals surface area contributed by atoms with Crippen LogP contribution in [0.25, 0.3) is 6.08 Å². The molecule has 0 fully saturated rings. The molecule has 1 N–H and O–H groups in total. The molecule has 0 radical (unpaired) electrons. The predicted octanol–water partition coefficient (Wildman–Crippen LogP) is 1.24. The maximum atomic E-state index is 11.4. The van der Waals surface area contributed by atoms with Crippen molar-refractivity contribution in [3.8, 4) is 0 Å². The molecule has 7 heteroatoms. The molecule has 0 heterocycles. The van der Waals surface area contributed by atoms with Crippen LogP contribution in [0.4, 0.5) is 5.69 Å². The van der Waals surface area contributed by atoms with E-state index in [9.17, 15) is 19.7 Å². The quantitative estimate of drug-likeness (QED) is 0.382. The summed E-state index contributed by atoms with van der Waals surface area (Å²) in [4.78, 5) is 32.3. The Morgan fingerprint density at radius 1 is 1.32 bits per heavy atom. The number of nitrogens with zero attached hydrogens (tertiary/aromatic N) is 1. The molecule has 1 aromatic rings. The maximum Gasteiger partial charge on any atom is 0.354 e. The van der Waals surface area contributed by atoms with Crippen molar-refractivity contribution in [2.24, 2.45) is 0 Å². The summed E-state index contributed by atoms with van der Waals surface area (Å²) in [5.41, 5.74) is 0.430. The molecule has 0 bridgehead atoms. The number of hydrogen-bond acceptors (Lipinski definition) is 5. The standard InChI is InChI=1S/C12H12N2O5/c1-8(15)13-11(12(16)19-2)7-9-3-5-10(6-4-9)14(17)18/h3-7H,1-2H3,(H,13,15). The number of nitro groups is 1. The van der Waals surface area contributed by atoms with Crippen molar-refractivity contribution in [3.63, 3.8) is 0 Å². The normalized spacial score (nSPS) is 10.7. The highest BCUT2D eigenvalue weighted by molar-refractivity contribution is 5.97. The lowest BCUT2D eigenvalue weighted by molar-refractivity contribution is -0.384. The van der Waals surface area contributed by atoms with Gasteiger partial charge in [-0.2, -0.15) is 0 Å². The average Bonchev–Trinajstić information content (AvgIpc) is 2.37. The Morgan fingerprint density at radius 3 is 2.32 bits per heavy atom. The van der Waals surface area contributed by atoms with Gasteiger partial charge in [-0.15, -0.1) is 0 Å². The molecule has 0 aliphatic heterocycles. The molecule has 0 saturated heterocycles. The van der Waals surface area contributed by atoms with Gasteiger partial charge in [0.1, 0.15) is 5.70 Å². The lowest BCUT2D eigenvalue weighted by atomic mass is 10.1. The highest BCUT2D eigenvalue weighted by Gasteiger charge is 2.11. The van der Waals surface area contributed by atoms with E-state index in [0.717, 1.165) is 0 Å². The first-order chi connectivity index (χ1) is 8.93. The van der Waals surface area contributed by atoms with Gasteiger partial charge in [0.15, 0.2) is 0 Å². The van der Waals surface area contributed by atoms with Gasteiger partial charge in [0, 0.05) is 19.1 Å². The summed E-state index contributed by atoms with van der Waals surface area (Å²) in [6, 6.07) is 5.52. The fourth-order valence-corrected chi connectivity index (χ4v) is 1.30. The van der Waals surface area contributed by atoms with Crippen molar-refractivity contribution < 1.29 is 19.2 Å². The zero-order valence-corrected chi connectivity index (χ0v) is 10.4.